The fourth-order valence-electron chi connectivity index (χ4n) is 1.48. The zero-order chi connectivity index (χ0) is 8.72. The molecule has 0 bridgehead atoms. The van der Waals surface area contributed by atoms with Crippen molar-refractivity contribution in [2.75, 3.05) is 0 Å². The summed E-state index contributed by atoms with van der Waals surface area (Å²) in [5.74, 6) is 0.398. The maximum Gasteiger partial charge on any atom is 0.221 e. The van der Waals surface area contributed by atoms with Crippen LogP contribution in [0.5, 0.6) is 0 Å². The van der Waals surface area contributed by atoms with E-state index < -0.39 is 0 Å². The third-order valence-electron chi connectivity index (χ3n) is 2.28. The predicted molar refractivity (Wildman–Crippen MR) is 49.1 cm³/mol. The van der Waals surface area contributed by atoms with Gasteiger partial charge in [-0.15, -0.1) is 11.3 Å². The fraction of sp³-hybridized carbons (Fsp3) is 0.444. The lowest BCUT2D eigenvalue weighted by atomic mass is 10.2. The van der Waals surface area contributed by atoms with E-state index in [0.717, 1.165) is 6.42 Å². The largest absolute Gasteiger partial charge is 0.369 e. The van der Waals surface area contributed by atoms with E-state index in [0.29, 0.717) is 5.92 Å². The second-order valence-electron chi connectivity index (χ2n) is 3.30. The zero-order valence-electron chi connectivity index (χ0n) is 6.91. The highest BCUT2D eigenvalue weighted by molar-refractivity contribution is 7.12. The second kappa shape index (κ2) is 2.59. The summed E-state index contributed by atoms with van der Waals surface area (Å²) < 4.78 is 0. The number of aryl methyl sites for hydroxylation is 1. The first-order valence-electron chi connectivity index (χ1n) is 4.04. The molecule has 12 heavy (non-hydrogen) atoms. The van der Waals surface area contributed by atoms with E-state index >= 15 is 0 Å². The fourth-order valence-corrected chi connectivity index (χ4v) is 2.53. The quantitative estimate of drug-likeness (QED) is 0.740. The molecule has 2 atom stereocenters. The minimum absolute atomic E-state index is 0.114. The monoisotopic (exact) mass is 181 g/mol. The standard InChI is InChI=1S/C9H11NOS/c1-5-2-3-8(12-5)6-4-7(6)9(10)11/h2-3,6-7H,4H2,1H3,(H2,10,11). The average molecular weight is 181 g/mol. The molecule has 1 amide bonds. The van der Waals surface area contributed by atoms with Crippen LogP contribution in [-0.2, 0) is 4.79 Å². The highest BCUT2D eigenvalue weighted by Gasteiger charge is 2.43. The lowest BCUT2D eigenvalue weighted by Crippen LogP contribution is -2.13. The molecule has 1 saturated carbocycles. The number of carbonyl (C=O) groups is 1. The van der Waals surface area contributed by atoms with Gasteiger partial charge >= 0.3 is 0 Å². The molecule has 0 aromatic carbocycles. The first kappa shape index (κ1) is 7.80. The van der Waals surface area contributed by atoms with Gasteiger partial charge in [0.1, 0.15) is 0 Å². The lowest BCUT2D eigenvalue weighted by molar-refractivity contribution is -0.119. The van der Waals surface area contributed by atoms with Gasteiger partial charge in [-0.25, -0.2) is 0 Å². The van der Waals surface area contributed by atoms with E-state index in [1.54, 1.807) is 11.3 Å². The minimum atomic E-state index is -0.147. The van der Waals surface area contributed by atoms with E-state index in [1.165, 1.54) is 9.75 Å². The van der Waals surface area contributed by atoms with Gasteiger partial charge in [-0.05, 0) is 25.5 Å². The summed E-state index contributed by atoms with van der Waals surface area (Å²) in [6.07, 6.45) is 0.954. The topological polar surface area (TPSA) is 43.1 Å². The third kappa shape index (κ3) is 1.25. The molecule has 2 unspecified atom stereocenters. The van der Waals surface area contributed by atoms with Crippen LogP contribution in [0.15, 0.2) is 12.1 Å². The van der Waals surface area contributed by atoms with Gasteiger partial charge in [0.05, 0.1) is 0 Å². The Balaban J connectivity index is 2.10. The Hall–Kier alpha value is -0.830. The van der Waals surface area contributed by atoms with Crippen LogP contribution in [0, 0.1) is 12.8 Å². The number of carbonyl (C=O) groups excluding carboxylic acids is 1. The average Bonchev–Trinajstić information content (AvgIpc) is 2.70. The molecule has 1 aliphatic carbocycles. The van der Waals surface area contributed by atoms with Crippen molar-refractivity contribution < 1.29 is 4.79 Å². The first-order valence-corrected chi connectivity index (χ1v) is 4.86. The molecule has 2 rings (SSSR count). The smallest absolute Gasteiger partial charge is 0.221 e. The van der Waals surface area contributed by atoms with E-state index in [1.807, 2.05) is 0 Å². The van der Waals surface area contributed by atoms with Crippen LogP contribution in [0.2, 0.25) is 0 Å². The third-order valence-corrected chi connectivity index (χ3v) is 3.42. The van der Waals surface area contributed by atoms with Crippen LogP contribution >= 0.6 is 11.3 Å². The maximum atomic E-state index is 10.8. The molecule has 1 heterocycles. The first-order chi connectivity index (χ1) is 5.68. The van der Waals surface area contributed by atoms with Crippen molar-refractivity contribution in [3.05, 3.63) is 21.9 Å². The molecule has 0 saturated heterocycles. The molecule has 1 aromatic heterocycles. The van der Waals surface area contributed by atoms with Crippen LogP contribution in [-0.4, -0.2) is 5.91 Å². The summed E-state index contributed by atoms with van der Waals surface area (Å²) in [5.41, 5.74) is 5.20. The molecule has 0 aliphatic heterocycles. The van der Waals surface area contributed by atoms with Gasteiger partial charge in [0.15, 0.2) is 0 Å². The van der Waals surface area contributed by atoms with Crippen molar-refractivity contribution in [2.45, 2.75) is 19.3 Å². The van der Waals surface area contributed by atoms with Crippen LogP contribution in [0.4, 0.5) is 0 Å². The Bertz CT molecular complexity index is 318. The number of thiophene rings is 1. The van der Waals surface area contributed by atoms with E-state index in [-0.39, 0.29) is 11.8 Å². The van der Waals surface area contributed by atoms with Gasteiger partial charge in [-0.2, -0.15) is 0 Å². The molecular formula is C9H11NOS. The van der Waals surface area contributed by atoms with Crippen molar-refractivity contribution in [3.8, 4) is 0 Å². The maximum absolute atomic E-state index is 10.8. The molecule has 1 aromatic rings. The van der Waals surface area contributed by atoms with E-state index in [4.69, 9.17) is 5.73 Å². The summed E-state index contributed by atoms with van der Waals surface area (Å²) in [5, 5.41) is 0. The summed E-state index contributed by atoms with van der Waals surface area (Å²) in [7, 11) is 0. The molecule has 0 radical (unpaired) electrons. The Morgan fingerprint density at radius 2 is 2.42 bits per heavy atom. The lowest BCUT2D eigenvalue weighted by Gasteiger charge is -1.90. The molecule has 1 aliphatic rings. The van der Waals surface area contributed by atoms with Crippen molar-refractivity contribution in [3.63, 3.8) is 0 Å². The molecule has 64 valence electrons. The normalized spacial score (nSPS) is 27.1. The van der Waals surface area contributed by atoms with E-state index in [2.05, 4.69) is 19.1 Å². The Morgan fingerprint density at radius 1 is 1.67 bits per heavy atom. The van der Waals surface area contributed by atoms with Gasteiger partial charge in [0.2, 0.25) is 5.91 Å². The number of amides is 1. The SMILES string of the molecule is Cc1ccc(C2CC2C(N)=O)s1. The van der Waals surface area contributed by atoms with Crippen molar-refractivity contribution in [2.24, 2.45) is 11.7 Å². The van der Waals surface area contributed by atoms with Crippen LogP contribution in [0.3, 0.4) is 0 Å². The Kier molecular flexibility index (Phi) is 1.68. The number of rotatable bonds is 2. The molecule has 2 nitrogen and oxygen atoms in total. The van der Waals surface area contributed by atoms with E-state index in [9.17, 15) is 4.79 Å². The predicted octanol–water partition coefficient (Wildman–Crippen LogP) is 1.65. The molecule has 3 heteroatoms. The molecule has 0 spiro atoms. The van der Waals surface area contributed by atoms with Gasteiger partial charge in [-0.3, -0.25) is 4.79 Å². The van der Waals surface area contributed by atoms with Crippen LogP contribution in [0.25, 0.3) is 0 Å². The van der Waals surface area contributed by atoms with Gasteiger partial charge in [0.25, 0.3) is 0 Å². The van der Waals surface area contributed by atoms with Crippen molar-refractivity contribution in [1.82, 2.24) is 0 Å². The zero-order valence-corrected chi connectivity index (χ0v) is 7.73. The number of hydrogen-bond acceptors (Lipinski definition) is 2. The summed E-state index contributed by atoms with van der Waals surface area (Å²) in [6, 6.07) is 4.20. The van der Waals surface area contributed by atoms with Gasteiger partial charge in [0, 0.05) is 21.6 Å². The Morgan fingerprint density at radius 3 is 2.83 bits per heavy atom. The number of primary amides is 1. The summed E-state index contributed by atoms with van der Waals surface area (Å²) in [4.78, 5) is 13.4. The minimum Gasteiger partial charge on any atom is -0.369 e. The van der Waals surface area contributed by atoms with Crippen molar-refractivity contribution in [1.29, 1.82) is 0 Å². The Labute approximate surface area is 75.4 Å². The highest BCUT2D eigenvalue weighted by atomic mass is 32.1. The van der Waals surface area contributed by atoms with Crippen LogP contribution in [0.1, 0.15) is 22.1 Å². The van der Waals surface area contributed by atoms with Gasteiger partial charge < -0.3 is 5.73 Å². The van der Waals surface area contributed by atoms with Gasteiger partial charge in [-0.1, -0.05) is 0 Å². The number of nitrogens with two attached hydrogens (primary N) is 1. The molecule has 2 N–H and O–H groups in total. The molecular weight excluding hydrogens is 170 g/mol. The summed E-state index contributed by atoms with van der Waals surface area (Å²) in [6.45, 7) is 2.08. The second-order valence-corrected chi connectivity index (χ2v) is 4.62. The van der Waals surface area contributed by atoms with Crippen LogP contribution < -0.4 is 5.73 Å². The van der Waals surface area contributed by atoms with Crippen molar-refractivity contribution >= 4 is 17.2 Å². The summed E-state index contributed by atoms with van der Waals surface area (Å²) >= 11 is 1.77. The molecule has 1 fully saturated rings. The highest BCUT2D eigenvalue weighted by Crippen LogP contribution is 2.49. The number of hydrogen-bond donors (Lipinski definition) is 1.